The average Bonchev–Trinajstić information content (AvgIpc) is 3.30. The number of anilines is 2. The maximum Gasteiger partial charge on any atom is 0.191 e. The Morgan fingerprint density at radius 1 is 1.33 bits per heavy atom. The van der Waals surface area contributed by atoms with Gasteiger partial charge in [0.2, 0.25) is 0 Å². The predicted octanol–water partition coefficient (Wildman–Crippen LogP) is 3.16. The minimum Gasteiger partial charge on any atom is -0.369 e. The molecule has 0 aliphatic carbocycles. The summed E-state index contributed by atoms with van der Waals surface area (Å²) in [5.41, 5.74) is 2.30. The standard InChI is InChI=1S/C19H28N6S.HI/c1-4-20-18(21-12-16-14-26-19(23-16)24(2)3)22-15-10-11-25(13-15)17-8-6-5-7-9-17;/h5-9,14-15H,4,10-13H2,1-3H3,(H2,20,21,22);1H. The van der Waals surface area contributed by atoms with E-state index in [0.29, 0.717) is 12.6 Å². The molecule has 0 bridgehead atoms. The number of nitrogens with zero attached hydrogens (tertiary/aromatic N) is 4. The third kappa shape index (κ3) is 6.24. The molecule has 1 atom stereocenters. The molecule has 2 aromatic rings. The predicted molar refractivity (Wildman–Crippen MR) is 127 cm³/mol. The first-order chi connectivity index (χ1) is 12.7. The summed E-state index contributed by atoms with van der Waals surface area (Å²) in [5, 5.41) is 10.0. The zero-order valence-electron chi connectivity index (χ0n) is 16.2. The summed E-state index contributed by atoms with van der Waals surface area (Å²) in [6.45, 7) is 5.60. The highest BCUT2D eigenvalue weighted by Gasteiger charge is 2.23. The molecular weight excluding hydrogens is 471 g/mol. The summed E-state index contributed by atoms with van der Waals surface area (Å²) in [7, 11) is 4.02. The number of thiazole rings is 1. The lowest BCUT2D eigenvalue weighted by atomic mass is 10.3. The SMILES string of the molecule is CCNC(=NCc1csc(N(C)C)n1)NC1CCN(c2ccccc2)C1.I. The number of aliphatic imine (C=N–C) groups is 1. The van der Waals surface area contributed by atoms with E-state index < -0.39 is 0 Å². The zero-order valence-corrected chi connectivity index (χ0v) is 19.3. The van der Waals surface area contributed by atoms with Crippen molar-refractivity contribution in [3.63, 3.8) is 0 Å². The summed E-state index contributed by atoms with van der Waals surface area (Å²) in [4.78, 5) is 13.8. The highest BCUT2D eigenvalue weighted by Crippen LogP contribution is 2.20. The quantitative estimate of drug-likeness (QED) is 0.363. The van der Waals surface area contributed by atoms with Gasteiger partial charge in [-0.15, -0.1) is 35.3 Å². The molecule has 27 heavy (non-hydrogen) atoms. The summed E-state index contributed by atoms with van der Waals surface area (Å²) in [5.74, 6) is 0.867. The number of benzene rings is 1. The van der Waals surface area contributed by atoms with Crippen LogP contribution in [0.3, 0.4) is 0 Å². The van der Waals surface area contributed by atoms with Crippen LogP contribution in [0, 0.1) is 0 Å². The maximum atomic E-state index is 4.72. The second-order valence-electron chi connectivity index (χ2n) is 6.62. The van der Waals surface area contributed by atoms with Crippen LogP contribution in [0.1, 0.15) is 19.0 Å². The molecule has 1 aromatic carbocycles. The van der Waals surface area contributed by atoms with Gasteiger partial charge in [0.05, 0.1) is 12.2 Å². The lowest BCUT2D eigenvalue weighted by molar-refractivity contribution is 0.649. The largest absolute Gasteiger partial charge is 0.369 e. The first-order valence-electron chi connectivity index (χ1n) is 9.12. The summed E-state index contributed by atoms with van der Waals surface area (Å²) < 4.78 is 0. The normalized spacial score (nSPS) is 16.8. The molecule has 0 spiro atoms. The summed E-state index contributed by atoms with van der Waals surface area (Å²) in [6.07, 6.45) is 1.11. The van der Waals surface area contributed by atoms with Crippen molar-refractivity contribution in [3.05, 3.63) is 41.4 Å². The Morgan fingerprint density at radius 3 is 2.78 bits per heavy atom. The molecule has 2 N–H and O–H groups in total. The van der Waals surface area contributed by atoms with E-state index in [1.54, 1.807) is 11.3 Å². The molecule has 1 aliphatic heterocycles. The van der Waals surface area contributed by atoms with E-state index in [-0.39, 0.29) is 24.0 Å². The van der Waals surface area contributed by atoms with E-state index in [4.69, 9.17) is 4.99 Å². The monoisotopic (exact) mass is 500 g/mol. The van der Waals surface area contributed by atoms with Gasteiger partial charge in [0.15, 0.2) is 11.1 Å². The maximum absolute atomic E-state index is 4.72. The van der Waals surface area contributed by atoms with Gasteiger partial charge in [-0.25, -0.2) is 9.98 Å². The van der Waals surface area contributed by atoms with Crippen LogP contribution in [0.4, 0.5) is 10.8 Å². The fourth-order valence-electron chi connectivity index (χ4n) is 3.00. The molecule has 0 amide bonds. The Balaban J connectivity index is 0.00000261. The number of hydrogen-bond acceptors (Lipinski definition) is 5. The van der Waals surface area contributed by atoms with E-state index >= 15 is 0 Å². The van der Waals surface area contributed by atoms with Gasteiger partial charge in [0.25, 0.3) is 0 Å². The van der Waals surface area contributed by atoms with E-state index in [1.807, 2.05) is 19.0 Å². The van der Waals surface area contributed by atoms with Crippen molar-refractivity contribution in [3.8, 4) is 0 Å². The van der Waals surface area contributed by atoms with Crippen LogP contribution in [0.2, 0.25) is 0 Å². The Morgan fingerprint density at radius 2 is 2.11 bits per heavy atom. The van der Waals surface area contributed by atoms with Gasteiger partial charge in [-0.05, 0) is 25.5 Å². The first-order valence-corrected chi connectivity index (χ1v) is 10.00. The van der Waals surface area contributed by atoms with Crippen molar-refractivity contribution >= 4 is 52.1 Å². The van der Waals surface area contributed by atoms with Gasteiger partial charge in [-0.3, -0.25) is 0 Å². The number of hydrogen-bond donors (Lipinski definition) is 2. The number of halogens is 1. The number of guanidine groups is 1. The Bertz CT molecular complexity index is 718. The molecule has 0 radical (unpaired) electrons. The molecule has 1 aliphatic rings. The number of aromatic nitrogens is 1. The first kappa shape index (κ1) is 21.7. The van der Waals surface area contributed by atoms with Gasteiger partial charge >= 0.3 is 0 Å². The molecule has 0 saturated carbocycles. The summed E-state index contributed by atoms with van der Waals surface area (Å²) in [6, 6.07) is 11.0. The average molecular weight is 500 g/mol. The molecular formula is C19H29IN6S. The molecule has 3 rings (SSSR count). The smallest absolute Gasteiger partial charge is 0.191 e. The van der Waals surface area contributed by atoms with Gasteiger partial charge in [0.1, 0.15) is 0 Å². The third-order valence-corrected chi connectivity index (χ3v) is 5.37. The lowest BCUT2D eigenvalue weighted by Crippen LogP contribution is -2.44. The van der Waals surface area contributed by atoms with Crippen LogP contribution < -0.4 is 20.4 Å². The van der Waals surface area contributed by atoms with Crippen LogP contribution in [0.15, 0.2) is 40.7 Å². The van der Waals surface area contributed by atoms with Crippen LogP contribution in [-0.2, 0) is 6.54 Å². The highest BCUT2D eigenvalue weighted by atomic mass is 127. The van der Waals surface area contributed by atoms with Crippen molar-refractivity contribution in [1.29, 1.82) is 0 Å². The number of nitrogens with one attached hydrogen (secondary N) is 2. The minimum absolute atomic E-state index is 0. The van der Waals surface area contributed by atoms with Crippen molar-refractivity contribution in [2.45, 2.75) is 25.9 Å². The van der Waals surface area contributed by atoms with Gasteiger partial charge < -0.3 is 20.4 Å². The third-order valence-electron chi connectivity index (χ3n) is 4.32. The Labute approximate surface area is 183 Å². The topological polar surface area (TPSA) is 55.8 Å². The summed E-state index contributed by atoms with van der Waals surface area (Å²) >= 11 is 1.65. The van der Waals surface area contributed by atoms with Crippen LogP contribution >= 0.6 is 35.3 Å². The fraction of sp³-hybridized carbons (Fsp3) is 0.474. The van der Waals surface area contributed by atoms with Gasteiger partial charge in [-0.2, -0.15) is 0 Å². The molecule has 1 fully saturated rings. The van der Waals surface area contributed by atoms with Crippen molar-refractivity contribution < 1.29 is 0 Å². The fourth-order valence-corrected chi connectivity index (χ4v) is 3.75. The van der Waals surface area contributed by atoms with Crippen molar-refractivity contribution in [2.24, 2.45) is 4.99 Å². The van der Waals surface area contributed by atoms with Crippen LogP contribution in [0.25, 0.3) is 0 Å². The lowest BCUT2D eigenvalue weighted by Gasteiger charge is -2.20. The molecule has 8 heteroatoms. The minimum atomic E-state index is 0. The molecule has 2 heterocycles. The highest BCUT2D eigenvalue weighted by molar-refractivity contribution is 14.0. The van der Waals surface area contributed by atoms with Crippen LogP contribution in [-0.4, -0.2) is 50.7 Å². The van der Waals surface area contributed by atoms with Crippen molar-refractivity contribution in [2.75, 3.05) is 43.5 Å². The molecule has 1 aromatic heterocycles. The second-order valence-corrected chi connectivity index (χ2v) is 7.46. The van der Waals surface area contributed by atoms with Gasteiger partial charge in [0, 0.05) is 50.8 Å². The molecule has 148 valence electrons. The van der Waals surface area contributed by atoms with E-state index in [0.717, 1.165) is 42.8 Å². The Kier molecular flexibility index (Phi) is 8.62. The van der Waals surface area contributed by atoms with Crippen molar-refractivity contribution in [1.82, 2.24) is 15.6 Å². The van der Waals surface area contributed by atoms with Crippen LogP contribution in [0.5, 0.6) is 0 Å². The number of rotatable bonds is 6. The van der Waals surface area contributed by atoms with E-state index in [9.17, 15) is 0 Å². The zero-order chi connectivity index (χ0) is 18.4. The van der Waals surface area contributed by atoms with E-state index in [1.165, 1.54) is 5.69 Å². The second kappa shape index (κ2) is 10.7. The van der Waals surface area contributed by atoms with E-state index in [2.05, 4.69) is 63.2 Å². The molecule has 1 unspecified atom stereocenters. The Hall–Kier alpha value is -1.55. The molecule has 6 nitrogen and oxygen atoms in total. The van der Waals surface area contributed by atoms with Gasteiger partial charge in [-0.1, -0.05) is 18.2 Å². The molecule has 1 saturated heterocycles. The number of para-hydroxylation sites is 1.